The van der Waals surface area contributed by atoms with Gasteiger partial charge < -0.3 is 40.3 Å². The number of nitrogens with zero attached hydrogens (tertiary/aromatic N) is 2. The summed E-state index contributed by atoms with van der Waals surface area (Å²) in [5.74, 6) is -0.166. The molecule has 0 aliphatic carbocycles. The molecule has 0 saturated carbocycles. The SMILES string of the molecule is O=C1CSc2ccc(N3CC4(CCNCC5(O)CN6C=CC=C7NC=CC5=C76)OC3O4)cc2N1. The third-order valence-electron chi connectivity index (χ3n) is 7.07. The van der Waals surface area contributed by atoms with Gasteiger partial charge in [-0.3, -0.25) is 4.79 Å². The molecular formula is C24H25N5O4S. The van der Waals surface area contributed by atoms with Gasteiger partial charge in [0.1, 0.15) is 5.60 Å². The van der Waals surface area contributed by atoms with Crippen LogP contribution in [0.1, 0.15) is 6.42 Å². The molecule has 0 radical (unpaired) electrons. The Morgan fingerprint density at radius 1 is 1.29 bits per heavy atom. The van der Waals surface area contributed by atoms with Gasteiger partial charge in [-0.25, -0.2) is 0 Å². The van der Waals surface area contributed by atoms with Crippen molar-refractivity contribution in [3.05, 3.63) is 65.8 Å². The first kappa shape index (κ1) is 20.6. The summed E-state index contributed by atoms with van der Waals surface area (Å²) in [4.78, 5) is 17.0. The van der Waals surface area contributed by atoms with E-state index >= 15 is 0 Å². The summed E-state index contributed by atoms with van der Waals surface area (Å²) < 4.78 is 12.1. The molecule has 7 aliphatic rings. The van der Waals surface area contributed by atoms with Crippen molar-refractivity contribution in [3.8, 4) is 0 Å². The minimum Gasteiger partial charge on any atom is -0.382 e. The highest BCUT2D eigenvalue weighted by Crippen LogP contribution is 2.46. The zero-order chi connectivity index (χ0) is 22.9. The molecule has 3 fully saturated rings. The predicted octanol–water partition coefficient (Wildman–Crippen LogP) is 1.39. The first-order valence-electron chi connectivity index (χ1n) is 11.5. The van der Waals surface area contributed by atoms with Gasteiger partial charge in [-0.2, -0.15) is 0 Å². The number of allylic oxidation sites excluding steroid dienone is 2. The second kappa shape index (κ2) is 7.37. The van der Waals surface area contributed by atoms with E-state index < -0.39 is 17.8 Å². The largest absolute Gasteiger partial charge is 0.382 e. The Hall–Kier alpha value is -2.76. The molecule has 10 heteroatoms. The summed E-state index contributed by atoms with van der Waals surface area (Å²) in [6.45, 7) is 2.24. The van der Waals surface area contributed by atoms with Crippen LogP contribution in [-0.4, -0.2) is 65.6 Å². The average Bonchev–Trinajstić information content (AvgIpc) is 3.46. The van der Waals surface area contributed by atoms with Crippen molar-refractivity contribution in [2.45, 2.75) is 29.1 Å². The monoisotopic (exact) mass is 479 g/mol. The fourth-order valence-corrected chi connectivity index (χ4v) is 6.22. The molecule has 2 bridgehead atoms. The van der Waals surface area contributed by atoms with Crippen molar-refractivity contribution < 1.29 is 19.4 Å². The Morgan fingerprint density at radius 2 is 2.21 bits per heavy atom. The van der Waals surface area contributed by atoms with E-state index in [2.05, 4.69) is 25.8 Å². The third kappa shape index (κ3) is 3.14. The molecule has 7 heterocycles. The maximum Gasteiger partial charge on any atom is 0.245 e. The second-order valence-electron chi connectivity index (χ2n) is 9.35. The van der Waals surface area contributed by atoms with Crippen LogP contribution in [0.2, 0.25) is 0 Å². The van der Waals surface area contributed by atoms with Gasteiger partial charge >= 0.3 is 0 Å². The lowest BCUT2D eigenvalue weighted by molar-refractivity contribution is -0.405. The van der Waals surface area contributed by atoms with Gasteiger partial charge in [0.15, 0.2) is 5.79 Å². The van der Waals surface area contributed by atoms with E-state index in [9.17, 15) is 9.90 Å². The summed E-state index contributed by atoms with van der Waals surface area (Å²) >= 11 is 1.55. The molecule has 1 aromatic rings. The van der Waals surface area contributed by atoms with Crippen LogP contribution >= 0.6 is 11.8 Å². The van der Waals surface area contributed by atoms with Gasteiger partial charge in [0.05, 0.1) is 35.9 Å². The number of carbonyl (C=O) groups excluding carboxylic acids is 1. The van der Waals surface area contributed by atoms with Crippen LogP contribution in [0.4, 0.5) is 11.4 Å². The van der Waals surface area contributed by atoms with Gasteiger partial charge in [-0.05, 0) is 36.4 Å². The quantitative estimate of drug-likeness (QED) is 0.451. The highest BCUT2D eigenvalue weighted by Gasteiger charge is 2.58. The van der Waals surface area contributed by atoms with Gasteiger partial charge in [0.25, 0.3) is 0 Å². The van der Waals surface area contributed by atoms with Crippen molar-refractivity contribution in [1.29, 1.82) is 0 Å². The number of anilines is 2. The smallest absolute Gasteiger partial charge is 0.245 e. The molecule has 1 aromatic carbocycles. The van der Waals surface area contributed by atoms with Gasteiger partial charge in [0, 0.05) is 48.1 Å². The van der Waals surface area contributed by atoms with E-state index in [-0.39, 0.29) is 5.91 Å². The number of carbonyl (C=O) groups is 1. The first-order valence-corrected chi connectivity index (χ1v) is 12.5. The molecule has 1 amide bonds. The van der Waals surface area contributed by atoms with Crippen LogP contribution in [0.25, 0.3) is 0 Å². The topological polar surface area (TPSA) is 98.3 Å². The van der Waals surface area contributed by atoms with E-state index in [4.69, 9.17) is 9.47 Å². The number of aliphatic hydroxyl groups is 1. The van der Waals surface area contributed by atoms with E-state index in [1.165, 1.54) is 0 Å². The summed E-state index contributed by atoms with van der Waals surface area (Å²) in [6, 6.07) is 6.07. The molecule has 1 unspecified atom stereocenters. The molecule has 176 valence electrons. The van der Waals surface area contributed by atoms with Gasteiger partial charge in [-0.1, -0.05) is 0 Å². The van der Waals surface area contributed by atoms with Crippen LogP contribution < -0.4 is 20.9 Å². The summed E-state index contributed by atoms with van der Waals surface area (Å²) in [5.41, 5.74) is 3.86. The van der Waals surface area contributed by atoms with Gasteiger partial charge in [-0.15, -0.1) is 11.8 Å². The standard InChI is InChI=1S/C24H25N5O4S/c30-20-11-34-19-4-3-15(10-18(19)27-20)29-14-24(32-22(29)33-24)6-8-25-12-23(31)13-28-9-1-2-17-21(28)16(23)5-7-26-17/h1-5,7,9-10,22,25-26,31H,6,8,11-14H2,(H,27,30). The minimum atomic E-state index is -0.962. The first-order chi connectivity index (χ1) is 16.5. The number of nitrogens with one attached hydrogen (secondary N) is 3. The third-order valence-corrected chi connectivity index (χ3v) is 8.15. The maximum atomic E-state index is 11.7. The molecule has 9 nitrogen and oxygen atoms in total. The van der Waals surface area contributed by atoms with Crippen LogP contribution in [0, 0.1) is 0 Å². The van der Waals surface area contributed by atoms with E-state index in [1.54, 1.807) is 11.8 Å². The minimum absolute atomic E-state index is 0.0233. The van der Waals surface area contributed by atoms with Crippen molar-refractivity contribution >= 4 is 29.0 Å². The molecule has 34 heavy (non-hydrogen) atoms. The summed E-state index contributed by atoms with van der Waals surface area (Å²) in [7, 11) is 0. The van der Waals surface area contributed by atoms with E-state index in [1.807, 2.05) is 48.8 Å². The average molecular weight is 480 g/mol. The zero-order valence-corrected chi connectivity index (χ0v) is 19.2. The molecular weight excluding hydrogens is 454 g/mol. The predicted molar refractivity (Wildman–Crippen MR) is 127 cm³/mol. The molecule has 1 atom stereocenters. The number of ether oxygens (including phenoxy) is 2. The highest BCUT2D eigenvalue weighted by molar-refractivity contribution is 8.00. The van der Waals surface area contributed by atoms with Crippen LogP contribution in [-0.2, 0) is 14.3 Å². The van der Waals surface area contributed by atoms with Crippen molar-refractivity contribution in [3.63, 3.8) is 0 Å². The number of hydrogen-bond donors (Lipinski definition) is 4. The maximum absolute atomic E-state index is 11.7. The summed E-state index contributed by atoms with van der Waals surface area (Å²) in [6.07, 6.45) is 10.1. The molecule has 0 aromatic heterocycles. The van der Waals surface area contributed by atoms with Crippen molar-refractivity contribution in [2.75, 3.05) is 42.1 Å². The van der Waals surface area contributed by atoms with E-state index in [0.29, 0.717) is 38.4 Å². The Balaban J connectivity index is 0.971. The molecule has 8 rings (SSSR count). The number of rotatable bonds is 6. The number of amides is 1. The number of benzene rings is 1. The normalized spacial score (nSPS) is 32.2. The molecule has 0 spiro atoms. The molecule has 4 N–H and O–H groups in total. The molecule has 7 aliphatic heterocycles. The summed E-state index contributed by atoms with van der Waals surface area (Å²) in [5, 5.41) is 21.0. The lowest BCUT2D eigenvalue weighted by Gasteiger charge is -2.37. The van der Waals surface area contributed by atoms with E-state index in [0.717, 1.165) is 33.2 Å². The number of hydrogen-bond acceptors (Lipinski definition) is 9. The number of thioether (sulfide) groups is 1. The fraction of sp³-hybridized carbons (Fsp3) is 0.375. The Bertz CT molecular complexity index is 1200. The van der Waals surface area contributed by atoms with Gasteiger partial charge in [0.2, 0.25) is 12.3 Å². The lowest BCUT2D eigenvalue weighted by Crippen LogP contribution is -2.50. The fourth-order valence-electron chi connectivity index (χ4n) is 5.43. The number of fused-ring (bicyclic) bond motifs is 2. The van der Waals surface area contributed by atoms with Crippen molar-refractivity contribution in [1.82, 2.24) is 15.5 Å². The second-order valence-corrected chi connectivity index (χ2v) is 10.4. The Labute approximate surface area is 201 Å². The van der Waals surface area contributed by atoms with Crippen LogP contribution in [0.3, 0.4) is 0 Å². The van der Waals surface area contributed by atoms with Crippen molar-refractivity contribution in [2.24, 2.45) is 0 Å². The number of dihydropyridines is 1. The highest BCUT2D eigenvalue weighted by atomic mass is 32.2. The zero-order valence-electron chi connectivity index (χ0n) is 18.4. The Morgan fingerprint density at radius 3 is 3.12 bits per heavy atom. The Kier molecular flexibility index (Phi) is 4.46. The molecule has 3 saturated heterocycles. The lowest BCUT2D eigenvalue weighted by atomic mass is 9.93. The van der Waals surface area contributed by atoms with Crippen LogP contribution in [0.5, 0.6) is 0 Å². The van der Waals surface area contributed by atoms with Crippen LogP contribution in [0.15, 0.2) is 70.7 Å².